The van der Waals surface area contributed by atoms with Gasteiger partial charge in [0.1, 0.15) is 0 Å². The summed E-state index contributed by atoms with van der Waals surface area (Å²) < 4.78 is 1.06. The van der Waals surface area contributed by atoms with E-state index in [1.54, 1.807) is 18.0 Å². The van der Waals surface area contributed by atoms with E-state index >= 15 is 0 Å². The lowest BCUT2D eigenvalue weighted by Crippen LogP contribution is -2.21. The van der Waals surface area contributed by atoms with Gasteiger partial charge in [-0.2, -0.15) is 0 Å². The Kier molecular flexibility index (Phi) is 4.51. The van der Waals surface area contributed by atoms with E-state index in [1.165, 1.54) is 22.6 Å². The van der Waals surface area contributed by atoms with Crippen molar-refractivity contribution in [3.05, 3.63) is 18.0 Å². The highest BCUT2D eigenvalue weighted by molar-refractivity contribution is 8.01. The van der Waals surface area contributed by atoms with Crippen LogP contribution < -0.4 is 11.1 Å². The van der Waals surface area contributed by atoms with Crippen molar-refractivity contribution in [2.24, 2.45) is 10.7 Å². The molecule has 0 radical (unpaired) electrons. The van der Waals surface area contributed by atoms with Crippen LogP contribution in [0.5, 0.6) is 0 Å². The minimum absolute atomic E-state index is 0.0240. The fraction of sp³-hybridized carbons (Fsp3) is 0.364. The maximum absolute atomic E-state index is 11.1. The summed E-state index contributed by atoms with van der Waals surface area (Å²) in [6.07, 6.45) is 4.63. The van der Waals surface area contributed by atoms with Gasteiger partial charge in [0.15, 0.2) is 5.13 Å². The largest absolute Gasteiger partial charge is 0.322 e. The van der Waals surface area contributed by atoms with Gasteiger partial charge >= 0.3 is 0 Å². The van der Waals surface area contributed by atoms with E-state index < -0.39 is 0 Å². The van der Waals surface area contributed by atoms with Crippen molar-refractivity contribution in [2.45, 2.75) is 17.6 Å². The van der Waals surface area contributed by atoms with Crippen molar-refractivity contribution in [1.82, 2.24) is 4.98 Å². The van der Waals surface area contributed by atoms with Gasteiger partial charge in [-0.05, 0) is 12.5 Å². The fourth-order valence-corrected chi connectivity index (χ4v) is 3.24. The van der Waals surface area contributed by atoms with Crippen LogP contribution in [0.4, 0.5) is 5.13 Å². The molecule has 0 saturated heterocycles. The van der Waals surface area contributed by atoms with Crippen LogP contribution in [0.3, 0.4) is 0 Å². The molecule has 1 aromatic heterocycles. The first kappa shape index (κ1) is 13.3. The Morgan fingerprint density at radius 3 is 3.17 bits per heavy atom. The smallest absolute Gasteiger partial charge is 0.239 e. The topological polar surface area (TPSA) is 80.4 Å². The van der Waals surface area contributed by atoms with Crippen LogP contribution in [0.1, 0.15) is 13.3 Å². The molecule has 5 nitrogen and oxygen atoms in total. The lowest BCUT2D eigenvalue weighted by molar-refractivity contribution is -0.114. The summed E-state index contributed by atoms with van der Waals surface area (Å²) >= 11 is 3.14. The second kappa shape index (κ2) is 6.12. The number of carbonyl (C=O) groups excluding carboxylic acids is 1. The Bertz CT molecular complexity index is 507. The Morgan fingerprint density at radius 1 is 1.67 bits per heavy atom. The third-order valence-corrected chi connectivity index (χ3v) is 4.43. The second-order valence-corrected chi connectivity index (χ2v) is 6.18. The monoisotopic (exact) mass is 282 g/mol. The van der Waals surface area contributed by atoms with Crippen molar-refractivity contribution >= 4 is 39.8 Å². The number of carbonyl (C=O) groups is 1. The van der Waals surface area contributed by atoms with Crippen molar-refractivity contribution < 1.29 is 4.79 Å². The average Bonchev–Trinajstić information content (AvgIpc) is 2.96. The number of aromatic nitrogens is 1. The number of allylic oxidation sites excluding steroid dienone is 1. The van der Waals surface area contributed by atoms with Gasteiger partial charge in [0.05, 0.1) is 17.0 Å². The number of amides is 1. The molecule has 0 aromatic carbocycles. The van der Waals surface area contributed by atoms with Gasteiger partial charge in [-0.15, -0.1) is 11.8 Å². The summed E-state index contributed by atoms with van der Waals surface area (Å²) in [5.41, 5.74) is 7.70. The fourth-order valence-electron chi connectivity index (χ4n) is 1.41. The highest BCUT2D eigenvalue weighted by atomic mass is 32.2. The molecular formula is C11H14N4OS2. The number of hydrogen-bond donors (Lipinski definition) is 2. The number of nitrogens with one attached hydrogen (secondary N) is 1. The SMILES string of the molecule is CC1=CN=C(CSc2cnc(NC(=O)CN)s2)C1. The van der Waals surface area contributed by atoms with E-state index in [0.717, 1.165) is 16.4 Å². The van der Waals surface area contributed by atoms with Crippen molar-refractivity contribution in [3.8, 4) is 0 Å². The van der Waals surface area contributed by atoms with E-state index in [9.17, 15) is 4.79 Å². The summed E-state index contributed by atoms with van der Waals surface area (Å²) in [7, 11) is 0. The number of nitrogens with two attached hydrogens (primary N) is 1. The minimum atomic E-state index is -0.221. The Labute approximate surface area is 114 Å². The van der Waals surface area contributed by atoms with Crippen molar-refractivity contribution in [3.63, 3.8) is 0 Å². The van der Waals surface area contributed by atoms with Crippen molar-refractivity contribution in [2.75, 3.05) is 17.6 Å². The molecule has 1 aromatic rings. The van der Waals surface area contributed by atoms with Gasteiger partial charge in [-0.3, -0.25) is 9.79 Å². The quantitative estimate of drug-likeness (QED) is 0.808. The Hall–Kier alpha value is -1.18. The first-order valence-electron chi connectivity index (χ1n) is 5.47. The summed E-state index contributed by atoms with van der Waals surface area (Å²) in [6, 6.07) is 0. The van der Waals surface area contributed by atoms with Gasteiger partial charge in [0, 0.05) is 24.1 Å². The number of thioether (sulfide) groups is 1. The number of aliphatic imine (C=N–C) groups is 1. The lowest BCUT2D eigenvalue weighted by atomic mass is 10.2. The zero-order valence-corrected chi connectivity index (χ0v) is 11.6. The number of nitrogens with zero attached hydrogens (tertiary/aromatic N) is 2. The molecule has 3 N–H and O–H groups in total. The maximum Gasteiger partial charge on any atom is 0.239 e. The molecule has 0 atom stereocenters. The average molecular weight is 282 g/mol. The molecule has 2 rings (SSSR count). The molecule has 18 heavy (non-hydrogen) atoms. The normalized spacial score (nSPS) is 14.3. The molecule has 7 heteroatoms. The standard InChI is InChI=1S/C11H14N4OS2/c1-7-2-8(13-4-7)6-17-10-5-14-11(18-10)15-9(16)3-12/h4-5H,2-3,6,12H2,1H3,(H,14,15,16). The predicted octanol–water partition coefficient (Wildman–Crippen LogP) is 1.88. The molecule has 0 bridgehead atoms. The summed E-state index contributed by atoms with van der Waals surface area (Å²) in [5, 5.41) is 3.23. The molecule has 2 heterocycles. The van der Waals surface area contributed by atoms with Gasteiger partial charge in [0.25, 0.3) is 0 Å². The van der Waals surface area contributed by atoms with E-state index in [0.29, 0.717) is 5.13 Å². The van der Waals surface area contributed by atoms with Crippen LogP contribution in [0.15, 0.2) is 27.2 Å². The highest BCUT2D eigenvalue weighted by Crippen LogP contribution is 2.29. The number of hydrogen-bond acceptors (Lipinski definition) is 6. The molecule has 1 amide bonds. The maximum atomic E-state index is 11.1. The summed E-state index contributed by atoms with van der Waals surface area (Å²) in [4.78, 5) is 19.5. The van der Waals surface area contributed by atoms with Crippen LogP contribution in [0, 0.1) is 0 Å². The number of thiazole rings is 1. The summed E-state index contributed by atoms with van der Waals surface area (Å²) in [5.74, 6) is 0.640. The third kappa shape index (κ3) is 3.66. The highest BCUT2D eigenvalue weighted by Gasteiger charge is 2.09. The van der Waals surface area contributed by atoms with E-state index in [-0.39, 0.29) is 12.5 Å². The van der Waals surface area contributed by atoms with Crippen LogP contribution in [0.2, 0.25) is 0 Å². The first-order valence-corrected chi connectivity index (χ1v) is 7.27. The molecule has 0 fully saturated rings. The number of anilines is 1. The van der Waals surface area contributed by atoms with Gasteiger partial charge in [0.2, 0.25) is 5.91 Å². The van der Waals surface area contributed by atoms with Crippen LogP contribution >= 0.6 is 23.1 Å². The minimum Gasteiger partial charge on any atom is -0.322 e. The molecule has 0 spiro atoms. The zero-order valence-electron chi connectivity index (χ0n) is 9.97. The molecule has 0 aliphatic carbocycles. The molecule has 0 unspecified atom stereocenters. The first-order chi connectivity index (χ1) is 8.67. The lowest BCUT2D eigenvalue weighted by Gasteiger charge is -1.98. The van der Waals surface area contributed by atoms with Crippen molar-refractivity contribution in [1.29, 1.82) is 0 Å². The Balaban J connectivity index is 1.82. The molecule has 96 valence electrons. The second-order valence-electron chi connectivity index (χ2n) is 3.87. The molecule has 0 saturated carbocycles. The van der Waals surface area contributed by atoms with Crippen LogP contribution in [0.25, 0.3) is 0 Å². The summed E-state index contributed by atoms with van der Waals surface area (Å²) in [6.45, 7) is 2.05. The van der Waals surface area contributed by atoms with Crippen LogP contribution in [-0.4, -0.2) is 28.9 Å². The van der Waals surface area contributed by atoms with Gasteiger partial charge in [-0.1, -0.05) is 11.3 Å². The van der Waals surface area contributed by atoms with E-state index in [2.05, 4.69) is 22.2 Å². The van der Waals surface area contributed by atoms with Gasteiger partial charge < -0.3 is 11.1 Å². The Morgan fingerprint density at radius 2 is 2.50 bits per heavy atom. The zero-order chi connectivity index (χ0) is 13.0. The number of rotatable bonds is 5. The predicted molar refractivity (Wildman–Crippen MR) is 76.3 cm³/mol. The molecular weight excluding hydrogens is 268 g/mol. The van der Waals surface area contributed by atoms with Gasteiger partial charge in [-0.25, -0.2) is 4.98 Å². The van der Waals surface area contributed by atoms with E-state index in [1.807, 2.05) is 6.20 Å². The molecule has 1 aliphatic heterocycles. The van der Waals surface area contributed by atoms with Crippen LogP contribution in [-0.2, 0) is 4.79 Å². The van der Waals surface area contributed by atoms with E-state index in [4.69, 9.17) is 5.73 Å². The molecule has 1 aliphatic rings. The third-order valence-electron chi connectivity index (χ3n) is 2.25.